The lowest BCUT2D eigenvalue weighted by molar-refractivity contribution is -0.141. The molecule has 98 valence electrons. The summed E-state index contributed by atoms with van der Waals surface area (Å²) in [5.41, 5.74) is 0.580. The van der Waals surface area contributed by atoms with Crippen LogP contribution in [0.2, 0.25) is 0 Å². The van der Waals surface area contributed by atoms with E-state index < -0.39 is 24.0 Å². The summed E-state index contributed by atoms with van der Waals surface area (Å²) >= 11 is 0. The van der Waals surface area contributed by atoms with Gasteiger partial charge in [-0.3, -0.25) is 4.79 Å². The van der Waals surface area contributed by atoms with Crippen molar-refractivity contribution in [2.45, 2.75) is 18.6 Å². The molecule has 1 aliphatic rings. The molecule has 1 fully saturated rings. The first kappa shape index (κ1) is 13.1. The van der Waals surface area contributed by atoms with Crippen molar-refractivity contribution in [3.63, 3.8) is 0 Å². The molecule has 6 nitrogen and oxygen atoms in total. The van der Waals surface area contributed by atoms with E-state index in [9.17, 15) is 14.7 Å². The number of nitrogens with zero attached hydrogens (tertiary/aromatic N) is 2. The fourth-order valence-electron chi connectivity index (χ4n) is 2.16. The number of carbonyl (C=O) groups excluding carboxylic acids is 1. The lowest BCUT2D eigenvalue weighted by Gasteiger charge is -2.21. The van der Waals surface area contributed by atoms with Gasteiger partial charge in [-0.2, -0.15) is 5.26 Å². The van der Waals surface area contributed by atoms with Crippen LogP contribution in [-0.4, -0.2) is 45.7 Å². The van der Waals surface area contributed by atoms with Gasteiger partial charge >= 0.3 is 5.97 Å². The van der Waals surface area contributed by atoms with Crippen molar-refractivity contribution >= 4 is 11.9 Å². The van der Waals surface area contributed by atoms with Crippen LogP contribution in [0.5, 0.6) is 0 Å². The zero-order valence-corrected chi connectivity index (χ0v) is 9.98. The van der Waals surface area contributed by atoms with Gasteiger partial charge in [0.15, 0.2) is 0 Å². The highest BCUT2D eigenvalue weighted by Crippen LogP contribution is 2.21. The number of hydrogen-bond donors (Lipinski definition) is 2. The minimum atomic E-state index is -1.14. The summed E-state index contributed by atoms with van der Waals surface area (Å²) in [5.74, 6) is -1.62. The Kier molecular flexibility index (Phi) is 3.49. The average molecular weight is 260 g/mol. The molecule has 0 aromatic heterocycles. The van der Waals surface area contributed by atoms with Crippen molar-refractivity contribution < 1.29 is 19.8 Å². The fraction of sp³-hybridized carbons (Fsp3) is 0.308. The molecule has 2 rings (SSSR count). The van der Waals surface area contributed by atoms with Gasteiger partial charge in [-0.15, -0.1) is 0 Å². The Bertz CT molecular complexity index is 564. The Morgan fingerprint density at radius 1 is 1.42 bits per heavy atom. The maximum absolute atomic E-state index is 12.2. The van der Waals surface area contributed by atoms with Crippen molar-refractivity contribution in [1.82, 2.24) is 4.90 Å². The summed E-state index contributed by atoms with van der Waals surface area (Å²) in [6.45, 7) is -0.00736. The van der Waals surface area contributed by atoms with E-state index >= 15 is 0 Å². The number of carboxylic acids is 1. The van der Waals surface area contributed by atoms with Gasteiger partial charge in [-0.25, -0.2) is 4.79 Å². The summed E-state index contributed by atoms with van der Waals surface area (Å²) in [5, 5.41) is 27.3. The summed E-state index contributed by atoms with van der Waals surface area (Å²) < 4.78 is 0. The van der Waals surface area contributed by atoms with Gasteiger partial charge in [0, 0.05) is 18.5 Å². The highest BCUT2D eigenvalue weighted by Gasteiger charge is 2.39. The molecule has 6 heteroatoms. The van der Waals surface area contributed by atoms with E-state index in [1.54, 1.807) is 12.1 Å². The third kappa shape index (κ3) is 2.56. The van der Waals surface area contributed by atoms with Crippen LogP contribution >= 0.6 is 0 Å². The lowest BCUT2D eigenvalue weighted by atomic mass is 10.1. The van der Waals surface area contributed by atoms with Crippen molar-refractivity contribution in [2.24, 2.45) is 0 Å². The van der Waals surface area contributed by atoms with E-state index in [2.05, 4.69) is 0 Å². The average Bonchev–Trinajstić information content (AvgIpc) is 2.80. The van der Waals surface area contributed by atoms with Gasteiger partial charge in [-0.1, -0.05) is 6.07 Å². The third-order valence-electron chi connectivity index (χ3n) is 3.06. The fourth-order valence-corrected chi connectivity index (χ4v) is 2.16. The first-order valence-corrected chi connectivity index (χ1v) is 5.75. The van der Waals surface area contributed by atoms with Crippen molar-refractivity contribution in [3.8, 4) is 6.07 Å². The molecule has 0 bridgehead atoms. The SMILES string of the molecule is N#Cc1cccc(C(=O)N2C[C@H](O)C[C@@H]2C(=O)O)c1. The summed E-state index contributed by atoms with van der Waals surface area (Å²) in [6, 6.07) is 6.95. The zero-order valence-electron chi connectivity index (χ0n) is 9.98. The number of amides is 1. The van der Waals surface area contributed by atoms with Crippen LogP contribution in [0.15, 0.2) is 24.3 Å². The van der Waals surface area contributed by atoms with Crippen molar-refractivity contribution in [2.75, 3.05) is 6.54 Å². The van der Waals surface area contributed by atoms with Gasteiger partial charge in [0.05, 0.1) is 17.7 Å². The van der Waals surface area contributed by atoms with Crippen LogP contribution in [0.4, 0.5) is 0 Å². The molecule has 1 aromatic rings. The standard InChI is InChI=1S/C13H12N2O4/c14-6-8-2-1-3-9(4-8)12(17)15-7-10(16)5-11(15)13(18)19/h1-4,10-11,16H,5,7H2,(H,18,19)/t10-,11-/m1/s1. The highest BCUT2D eigenvalue weighted by atomic mass is 16.4. The molecule has 0 saturated carbocycles. The van der Waals surface area contributed by atoms with Crippen LogP contribution in [0.3, 0.4) is 0 Å². The molecule has 1 saturated heterocycles. The van der Waals surface area contributed by atoms with Gasteiger partial charge in [0.2, 0.25) is 0 Å². The number of likely N-dealkylation sites (tertiary alicyclic amines) is 1. The number of rotatable bonds is 2. The van der Waals surface area contributed by atoms with Crippen molar-refractivity contribution in [1.29, 1.82) is 5.26 Å². The van der Waals surface area contributed by atoms with E-state index in [1.165, 1.54) is 12.1 Å². The van der Waals surface area contributed by atoms with Gasteiger partial charge < -0.3 is 15.1 Å². The predicted octanol–water partition coefficient (Wildman–Crippen LogP) is 0.218. The summed E-state index contributed by atoms with van der Waals surface area (Å²) in [6.07, 6.45) is -0.803. The molecule has 19 heavy (non-hydrogen) atoms. The van der Waals surface area contributed by atoms with E-state index in [0.717, 1.165) is 4.90 Å². The zero-order chi connectivity index (χ0) is 14.0. The second kappa shape index (κ2) is 5.08. The maximum Gasteiger partial charge on any atom is 0.326 e. The monoisotopic (exact) mass is 260 g/mol. The number of hydrogen-bond acceptors (Lipinski definition) is 4. The van der Waals surface area contributed by atoms with Crippen LogP contribution in [-0.2, 0) is 4.79 Å². The molecule has 0 aliphatic carbocycles. The number of aliphatic carboxylic acids is 1. The smallest absolute Gasteiger partial charge is 0.326 e. The summed E-state index contributed by atoms with van der Waals surface area (Å²) in [4.78, 5) is 24.4. The van der Waals surface area contributed by atoms with E-state index in [-0.39, 0.29) is 18.5 Å². The van der Waals surface area contributed by atoms with Gasteiger partial charge in [0.1, 0.15) is 6.04 Å². The molecule has 0 radical (unpaired) electrons. The maximum atomic E-state index is 12.2. The largest absolute Gasteiger partial charge is 0.480 e. The second-order valence-corrected chi connectivity index (χ2v) is 4.39. The Morgan fingerprint density at radius 3 is 2.79 bits per heavy atom. The van der Waals surface area contributed by atoms with E-state index in [0.29, 0.717) is 5.56 Å². The first-order valence-electron chi connectivity index (χ1n) is 5.75. The molecule has 1 aliphatic heterocycles. The minimum absolute atomic E-state index is 0.00736. The number of carboxylic acid groups (broad SMARTS) is 1. The Morgan fingerprint density at radius 2 is 2.16 bits per heavy atom. The van der Waals surface area contributed by atoms with Crippen LogP contribution in [0.25, 0.3) is 0 Å². The van der Waals surface area contributed by atoms with Crippen LogP contribution in [0, 0.1) is 11.3 Å². The highest BCUT2D eigenvalue weighted by molar-refractivity contribution is 5.97. The Hall–Kier alpha value is -2.39. The lowest BCUT2D eigenvalue weighted by Crippen LogP contribution is -2.40. The van der Waals surface area contributed by atoms with Gasteiger partial charge in [0.25, 0.3) is 5.91 Å². The Labute approximate surface area is 109 Å². The van der Waals surface area contributed by atoms with E-state index in [1.807, 2.05) is 6.07 Å². The number of nitriles is 1. The molecular weight excluding hydrogens is 248 g/mol. The first-order chi connectivity index (χ1) is 9.02. The minimum Gasteiger partial charge on any atom is -0.480 e. The number of benzene rings is 1. The molecule has 0 spiro atoms. The van der Waals surface area contributed by atoms with Crippen LogP contribution < -0.4 is 0 Å². The Balaban J connectivity index is 2.28. The normalized spacial score (nSPS) is 22.0. The molecule has 1 aromatic carbocycles. The molecular formula is C13H12N2O4. The summed E-state index contributed by atoms with van der Waals surface area (Å²) in [7, 11) is 0. The molecule has 0 unspecified atom stereocenters. The quantitative estimate of drug-likeness (QED) is 0.791. The molecule has 1 heterocycles. The second-order valence-electron chi connectivity index (χ2n) is 4.39. The van der Waals surface area contributed by atoms with E-state index in [4.69, 9.17) is 10.4 Å². The molecule has 2 N–H and O–H groups in total. The number of β-amino-alcohol motifs (C(OH)–C–C–N with tert-alkyl or cyclic N) is 1. The number of aliphatic hydroxyl groups is 1. The number of carbonyl (C=O) groups is 2. The molecule has 1 amide bonds. The topological polar surface area (TPSA) is 102 Å². The van der Waals surface area contributed by atoms with Crippen molar-refractivity contribution in [3.05, 3.63) is 35.4 Å². The predicted molar refractivity (Wildman–Crippen MR) is 64.2 cm³/mol. The van der Waals surface area contributed by atoms with Gasteiger partial charge in [-0.05, 0) is 18.2 Å². The molecule has 2 atom stereocenters. The third-order valence-corrected chi connectivity index (χ3v) is 3.06. The van der Waals surface area contributed by atoms with Crippen LogP contribution in [0.1, 0.15) is 22.3 Å². The number of aliphatic hydroxyl groups excluding tert-OH is 1.